The molecule has 2 unspecified atom stereocenters. The number of carbonyl (C=O) groups is 1. The minimum Gasteiger partial charge on any atom is -0.507 e. The number of amides is 1. The van der Waals surface area contributed by atoms with E-state index in [9.17, 15) is 9.90 Å². The van der Waals surface area contributed by atoms with E-state index in [1.807, 2.05) is 22.6 Å². The van der Waals surface area contributed by atoms with Crippen LogP contribution in [0.5, 0.6) is 5.75 Å². The maximum absolute atomic E-state index is 12.2. The van der Waals surface area contributed by atoms with Crippen LogP contribution in [0.4, 0.5) is 0 Å². The van der Waals surface area contributed by atoms with Gasteiger partial charge >= 0.3 is 0 Å². The Bertz CT molecular complexity index is 465. The van der Waals surface area contributed by atoms with Crippen molar-refractivity contribution in [1.29, 1.82) is 0 Å². The molecule has 4 heteroatoms. The molecule has 1 amide bonds. The molecule has 1 aromatic carbocycles. The van der Waals surface area contributed by atoms with Crippen molar-refractivity contribution in [1.82, 2.24) is 5.32 Å². The third-order valence-corrected chi connectivity index (χ3v) is 4.63. The molecule has 1 aliphatic carbocycles. The zero-order chi connectivity index (χ0) is 14.0. The minimum atomic E-state index is -0.0852. The zero-order valence-corrected chi connectivity index (χ0v) is 13.5. The van der Waals surface area contributed by atoms with E-state index in [0.717, 1.165) is 16.4 Å². The molecule has 0 bridgehead atoms. The lowest BCUT2D eigenvalue weighted by atomic mass is 9.80. The molecular formula is C15H20INO2. The highest BCUT2D eigenvalue weighted by Crippen LogP contribution is 2.29. The molecule has 0 spiro atoms. The van der Waals surface area contributed by atoms with Crippen molar-refractivity contribution in [2.45, 2.75) is 39.2 Å². The van der Waals surface area contributed by atoms with Gasteiger partial charge in [-0.1, -0.05) is 13.8 Å². The Balaban J connectivity index is 2.02. The molecule has 2 N–H and O–H groups in total. The number of nitrogens with one attached hydrogen (secondary N) is 1. The molecule has 2 rings (SSSR count). The predicted octanol–water partition coefficient (Wildman–Crippen LogP) is 3.55. The van der Waals surface area contributed by atoms with Gasteiger partial charge in [-0.2, -0.15) is 0 Å². The van der Waals surface area contributed by atoms with Gasteiger partial charge in [0.05, 0.1) is 3.57 Å². The first-order valence-electron chi connectivity index (χ1n) is 6.75. The second-order valence-corrected chi connectivity index (χ2v) is 6.92. The van der Waals surface area contributed by atoms with E-state index in [1.54, 1.807) is 12.1 Å². The van der Waals surface area contributed by atoms with E-state index in [2.05, 4.69) is 19.2 Å². The minimum absolute atomic E-state index is 0.0852. The molecule has 19 heavy (non-hydrogen) atoms. The standard InChI is InChI=1S/C15H20INO2/c1-9-5-10(2)7-12(6-9)17-15(19)11-3-4-13(16)14(18)8-11/h3-4,8-10,12,18H,5-7H2,1-2H3,(H,17,19). The Morgan fingerprint density at radius 2 is 1.89 bits per heavy atom. The summed E-state index contributed by atoms with van der Waals surface area (Å²) in [6.07, 6.45) is 3.34. The number of carbonyl (C=O) groups excluding carboxylic acids is 1. The molecule has 0 aromatic heterocycles. The second-order valence-electron chi connectivity index (χ2n) is 5.75. The smallest absolute Gasteiger partial charge is 0.251 e. The third-order valence-electron chi connectivity index (χ3n) is 3.72. The van der Waals surface area contributed by atoms with E-state index in [1.165, 1.54) is 12.5 Å². The Kier molecular flexibility index (Phi) is 4.71. The van der Waals surface area contributed by atoms with Crippen LogP contribution < -0.4 is 5.32 Å². The highest BCUT2D eigenvalue weighted by Gasteiger charge is 2.25. The monoisotopic (exact) mass is 373 g/mol. The van der Waals surface area contributed by atoms with Gasteiger partial charge in [-0.05, 0) is 71.9 Å². The number of hydrogen-bond donors (Lipinski definition) is 2. The first kappa shape index (κ1) is 14.6. The Labute approximate surface area is 127 Å². The van der Waals surface area contributed by atoms with Gasteiger partial charge < -0.3 is 10.4 Å². The lowest BCUT2D eigenvalue weighted by molar-refractivity contribution is 0.0911. The van der Waals surface area contributed by atoms with Crippen LogP contribution in [0.2, 0.25) is 0 Å². The van der Waals surface area contributed by atoms with Gasteiger partial charge in [0.25, 0.3) is 5.91 Å². The molecule has 0 saturated heterocycles. The van der Waals surface area contributed by atoms with Gasteiger partial charge in [-0.3, -0.25) is 4.79 Å². The number of benzene rings is 1. The van der Waals surface area contributed by atoms with Gasteiger partial charge in [-0.15, -0.1) is 0 Å². The fourth-order valence-corrected chi connectivity index (χ4v) is 3.32. The first-order chi connectivity index (χ1) is 8.95. The molecule has 3 nitrogen and oxygen atoms in total. The predicted molar refractivity (Wildman–Crippen MR) is 84.3 cm³/mol. The second kappa shape index (κ2) is 6.11. The fourth-order valence-electron chi connectivity index (χ4n) is 2.99. The number of aromatic hydroxyl groups is 1. The lowest BCUT2D eigenvalue weighted by Crippen LogP contribution is -2.40. The van der Waals surface area contributed by atoms with Crippen LogP contribution in [-0.4, -0.2) is 17.1 Å². The molecule has 1 saturated carbocycles. The number of hydrogen-bond acceptors (Lipinski definition) is 2. The van der Waals surface area contributed by atoms with Crippen LogP contribution in [0.1, 0.15) is 43.5 Å². The van der Waals surface area contributed by atoms with Crippen molar-refractivity contribution in [2.75, 3.05) is 0 Å². The van der Waals surface area contributed by atoms with Crippen molar-refractivity contribution in [3.8, 4) is 5.75 Å². The van der Waals surface area contributed by atoms with E-state index < -0.39 is 0 Å². The maximum atomic E-state index is 12.2. The largest absolute Gasteiger partial charge is 0.507 e. The molecule has 0 radical (unpaired) electrons. The molecule has 104 valence electrons. The number of halogens is 1. The van der Waals surface area contributed by atoms with Gasteiger partial charge in [-0.25, -0.2) is 0 Å². The van der Waals surface area contributed by atoms with Crippen molar-refractivity contribution in [3.05, 3.63) is 27.3 Å². The summed E-state index contributed by atoms with van der Waals surface area (Å²) in [5, 5.41) is 12.7. The number of phenolic OH excluding ortho intramolecular Hbond substituents is 1. The first-order valence-corrected chi connectivity index (χ1v) is 7.83. The highest BCUT2D eigenvalue weighted by atomic mass is 127. The Morgan fingerprint density at radius 3 is 2.47 bits per heavy atom. The summed E-state index contributed by atoms with van der Waals surface area (Å²) in [7, 11) is 0. The molecule has 0 heterocycles. The summed E-state index contributed by atoms with van der Waals surface area (Å²) in [5.41, 5.74) is 0.531. The van der Waals surface area contributed by atoms with E-state index in [0.29, 0.717) is 17.4 Å². The average molecular weight is 373 g/mol. The number of rotatable bonds is 2. The summed E-state index contributed by atoms with van der Waals surface area (Å²) >= 11 is 2.04. The van der Waals surface area contributed by atoms with Crippen LogP contribution in [0.25, 0.3) is 0 Å². The Morgan fingerprint density at radius 1 is 1.26 bits per heavy atom. The molecular weight excluding hydrogens is 353 g/mol. The molecule has 0 aliphatic heterocycles. The van der Waals surface area contributed by atoms with Crippen molar-refractivity contribution in [3.63, 3.8) is 0 Å². The van der Waals surface area contributed by atoms with E-state index in [4.69, 9.17) is 0 Å². The zero-order valence-electron chi connectivity index (χ0n) is 11.3. The summed E-state index contributed by atoms with van der Waals surface area (Å²) < 4.78 is 0.758. The summed E-state index contributed by atoms with van der Waals surface area (Å²) in [4.78, 5) is 12.2. The Hall–Kier alpha value is -0.780. The lowest BCUT2D eigenvalue weighted by Gasteiger charge is -2.32. The molecule has 2 atom stereocenters. The van der Waals surface area contributed by atoms with Gasteiger partial charge in [0.1, 0.15) is 5.75 Å². The van der Waals surface area contributed by atoms with E-state index >= 15 is 0 Å². The highest BCUT2D eigenvalue weighted by molar-refractivity contribution is 14.1. The molecule has 1 aromatic rings. The quantitative estimate of drug-likeness (QED) is 0.779. The van der Waals surface area contributed by atoms with Crippen LogP contribution in [-0.2, 0) is 0 Å². The number of phenols is 1. The summed E-state index contributed by atoms with van der Waals surface area (Å²) in [5.74, 6) is 1.41. The normalized spacial score (nSPS) is 27.0. The van der Waals surface area contributed by atoms with Crippen molar-refractivity contribution >= 4 is 28.5 Å². The maximum Gasteiger partial charge on any atom is 0.251 e. The summed E-state index contributed by atoms with van der Waals surface area (Å²) in [6.45, 7) is 4.48. The molecule has 1 aliphatic rings. The van der Waals surface area contributed by atoms with Crippen molar-refractivity contribution in [2.24, 2.45) is 11.8 Å². The van der Waals surface area contributed by atoms with Gasteiger partial charge in [0, 0.05) is 11.6 Å². The SMILES string of the molecule is CC1CC(C)CC(NC(=O)c2ccc(I)c(O)c2)C1. The van der Waals surface area contributed by atoms with Crippen LogP contribution in [0, 0.1) is 15.4 Å². The van der Waals surface area contributed by atoms with Crippen LogP contribution in [0.3, 0.4) is 0 Å². The fraction of sp³-hybridized carbons (Fsp3) is 0.533. The van der Waals surface area contributed by atoms with Crippen LogP contribution >= 0.6 is 22.6 Å². The average Bonchev–Trinajstić information content (AvgIpc) is 2.31. The topological polar surface area (TPSA) is 49.3 Å². The van der Waals surface area contributed by atoms with Gasteiger partial charge in [0.15, 0.2) is 0 Å². The van der Waals surface area contributed by atoms with Crippen LogP contribution in [0.15, 0.2) is 18.2 Å². The van der Waals surface area contributed by atoms with E-state index in [-0.39, 0.29) is 17.7 Å². The molecule has 1 fully saturated rings. The summed E-state index contributed by atoms with van der Waals surface area (Å²) in [6, 6.07) is 5.31. The van der Waals surface area contributed by atoms with Gasteiger partial charge in [0.2, 0.25) is 0 Å². The van der Waals surface area contributed by atoms with Crippen molar-refractivity contribution < 1.29 is 9.90 Å². The third kappa shape index (κ3) is 3.84.